The lowest BCUT2D eigenvalue weighted by Crippen LogP contribution is -2.24. The molecule has 0 radical (unpaired) electrons. The van der Waals surface area contributed by atoms with Crippen molar-refractivity contribution >= 4 is 23.4 Å². The predicted molar refractivity (Wildman–Crippen MR) is 107 cm³/mol. The van der Waals surface area contributed by atoms with Gasteiger partial charge >= 0.3 is 0 Å². The average molecular weight is 385 g/mol. The van der Waals surface area contributed by atoms with Crippen molar-refractivity contribution in [2.24, 2.45) is 0 Å². The molecule has 8 nitrogen and oxygen atoms in total. The first-order valence-electron chi connectivity index (χ1n) is 8.55. The fourth-order valence-electron chi connectivity index (χ4n) is 2.73. The first-order chi connectivity index (χ1) is 12.8. The van der Waals surface area contributed by atoms with Crippen LogP contribution in [0.4, 0.5) is 5.69 Å². The van der Waals surface area contributed by atoms with Gasteiger partial charge in [-0.1, -0.05) is 29.5 Å². The third-order valence-electron chi connectivity index (χ3n) is 4.14. The molecule has 0 saturated heterocycles. The number of anilines is 1. The fraction of sp³-hybridized carbons (Fsp3) is 0.333. The Morgan fingerprint density at radius 1 is 1.19 bits per heavy atom. The van der Waals surface area contributed by atoms with Crippen molar-refractivity contribution in [3.63, 3.8) is 0 Å². The number of aromatic nitrogens is 5. The van der Waals surface area contributed by atoms with E-state index in [9.17, 15) is 4.79 Å². The lowest BCUT2D eigenvalue weighted by molar-refractivity contribution is -0.115. The summed E-state index contributed by atoms with van der Waals surface area (Å²) < 4.78 is 2.98. The summed E-state index contributed by atoms with van der Waals surface area (Å²) in [4.78, 5) is 12.6. The first kappa shape index (κ1) is 19.0. The van der Waals surface area contributed by atoms with E-state index in [4.69, 9.17) is 5.84 Å². The summed E-state index contributed by atoms with van der Waals surface area (Å²) in [6.45, 7) is 9.61. The number of nitrogen functional groups attached to an aromatic ring is 1. The van der Waals surface area contributed by atoms with Crippen molar-refractivity contribution in [2.75, 3.05) is 11.2 Å². The topological polar surface area (TPSA) is 104 Å². The van der Waals surface area contributed by atoms with Crippen LogP contribution in [0.15, 0.2) is 29.4 Å². The van der Waals surface area contributed by atoms with Crippen molar-refractivity contribution in [1.82, 2.24) is 24.7 Å². The van der Waals surface area contributed by atoms with Gasteiger partial charge in [0.2, 0.25) is 11.1 Å². The number of aryl methyl sites for hydroxylation is 4. The first-order valence-corrected chi connectivity index (χ1v) is 9.43. The van der Waals surface area contributed by atoms with Gasteiger partial charge in [-0.25, -0.2) is 9.36 Å². The molecule has 0 aliphatic rings. The molecular weight excluding hydrogens is 362 g/mol. The van der Waals surface area contributed by atoms with Crippen molar-refractivity contribution < 1.29 is 4.79 Å². The number of carbonyl (C=O) groups excluding carboxylic acids is 1. The number of carbonyl (C=O) groups is 1. The van der Waals surface area contributed by atoms with E-state index in [1.807, 2.05) is 52.0 Å². The van der Waals surface area contributed by atoms with Gasteiger partial charge in [0, 0.05) is 11.4 Å². The number of thioether (sulfide) groups is 1. The van der Waals surface area contributed by atoms with E-state index in [-0.39, 0.29) is 5.91 Å². The van der Waals surface area contributed by atoms with E-state index >= 15 is 0 Å². The largest absolute Gasteiger partial charge is 0.334 e. The average Bonchev–Trinajstić information content (AvgIpc) is 3.12. The standard InChI is InChI=1S/C18H23N7OS/c1-10-6-7-15(11(2)8-10)20-16(26)14(5)27-18-22-21-17(24(18)19)25-13(4)9-12(3)23-25/h6-9,14H,19H2,1-5H3,(H,20,26)/t14-/m0/s1. The number of hydrogen-bond donors (Lipinski definition) is 2. The van der Waals surface area contributed by atoms with Crippen LogP contribution in [0.1, 0.15) is 29.4 Å². The van der Waals surface area contributed by atoms with E-state index in [1.165, 1.54) is 16.4 Å². The summed E-state index contributed by atoms with van der Waals surface area (Å²) in [7, 11) is 0. The quantitative estimate of drug-likeness (QED) is 0.517. The third-order valence-corrected chi connectivity index (χ3v) is 5.19. The maximum atomic E-state index is 12.6. The molecule has 0 aliphatic heterocycles. The van der Waals surface area contributed by atoms with Crippen LogP contribution in [0, 0.1) is 27.7 Å². The molecule has 0 fully saturated rings. The van der Waals surface area contributed by atoms with Crippen LogP contribution in [-0.4, -0.2) is 35.8 Å². The van der Waals surface area contributed by atoms with Gasteiger partial charge in [0.25, 0.3) is 5.95 Å². The minimum Gasteiger partial charge on any atom is -0.334 e. The van der Waals surface area contributed by atoms with Crippen molar-refractivity contribution in [1.29, 1.82) is 0 Å². The van der Waals surface area contributed by atoms with Gasteiger partial charge in [0.1, 0.15) is 0 Å². The van der Waals surface area contributed by atoms with Gasteiger partial charge in [-0.3, -0.25) is 4.79 Å². The normalized spacial score (nSPS) is 12.2. The highest BCUT2D eigenvalue weighted by molar-refractivity contribution is 8.00. The molecule has 27 heavy (non-hydrogen) atoms. The molecule has 3 aromatic rings. The summed E-state index contributed by atoms with van der Waals surface area (Å²) in [6.07, 6.45) is 0. The predicted octanol–water partition coefficient (Wildman–Crippen LogP) is 2.53. The second kappa shape index (κ2) is 7.43. The van der Waals surface area contributed by atoms with E-state index in [0.29, 0.717) is 11.1 Å². The Kier molecular flexibility index (Phi) is 5.22. The minimum absolute atomic E-state index is 0.123. The Hall–Kier alpha value is -2.81. The molecule has 2 aromatic heterocycles. The number of nitrogens with one attached hydrogen (secondary N) is 1. The highest BCUT2D eigenvalue weighted by atomic mass is 32.2. The maximum absolute atomic E-state index is 12.6. The Bertz CT molecular complexity index is 992. The maximum Gasteiger partial charge on any atom is 0.271 e. The van der Waals surface area contributed by atoms with Crippen LogP contribution in [0.3, 0.4) is 0 Å². The smallest absolute Gasteiger partial charge is 0.271 e. The van der Waals surface area contributed by atoms with Crippen LogP contribution < -0.4 is 11.2 Å². The van der Waals surface area contributed by atoms with E-state index in [2.05, 4.69) is 20.6 Å². The van der Waals surface area contributed by atoms with Crippen LogP contribution in [0.25, 0.3) is 5.95 Å². The minimum atomic E-state index is -0.398. The van der Waals surface area contributed by atoms with Gasteiger partial charge in [0.15, 0.2) is 0 Å². The lowest BCUT2D eigenvalue weighted by atomic mass is 10.1. The second-order valence-corrected chi connectivity index (χ2v) is 7.87. The zero-order valence-corrected chi connectivity index (χ0v) is 16.8. The van der Waals surface area contributed by atoms with Crippen LogP contribution in [0.2, 0.25) is 0 Å². The number of benzene rings is 1. The Morgan fingerprint density at radius 3 is 2.56 bits per heavy atom. The molecular formula is C18H23N7OS. The van der Waals surface area contributed by atoms with Crippen molar-refractivity contribution in [3.8, 4) is 5.95 Å². The molecule has 3 rings (SSSR count). The molecule has 9 heteroatoms. The van der Waals surface area contributed by atoms with E-state index < -0.39 is 5.25 Å². The van der Waals surface area contributed by atoms with Crippen LogP contribution in [-0.2, 0) is 4.79 Å². The van der Waals surface area contributed by atoms with Gasteiger partial charge < -0.3 is 11.2 Å². The molecule has 2 heterocycles. The molecule has 0 saturated carbocycles. The molecule has 1 atom stereocenters. The Labute approximate surface area is 162 Å². The van der Waals surface area contributed by atoms with Gasteiger partial charge in [-0.2, -0.15) is 5.10 Å². The number of rotatable bonds is 5. The molecule has 142 valence electrons. The summed E-state index contributed by atoms with van der Waals surface area (Å²) in [5.41, 5.74) is 4.75. The van der Waals surface area contributed by atoms with Crippen molar-refractivity contribution in [2.45, 2.75) is 45.0 Å². The SMILES string of the molecule is Cc1ccc(NC(=O)[C@H](C)Sc2nnc(-n3nc(C)cc3C)n2N)c(C)c1. The van der Waals surface area contributed by atoms with Gasteiger partial charge in [-0.15, -0.1) is 10.2 Å². The summed E-state index contributed by atoms with van der Waals surface area (Å²) in [6, 6.07) is 7.84. The summed E-state index contributed by atoms with van der Waals surface area (Å²) in [5.74, 6) is 6.42. The molecule has 1 aromatic carbocycles. The third kappa shape index (κ3) is 3.97. The number of hydrogen-bond acceptors (Lipinski definition) is 6. The number of nitrogens with zero attached hydrogens (tertiary/aromatic N) is 5. The Balaban J connectivity index is 1.73. The Morgan fingerprint density at radius 2 is 1.93 bits per heavy atom. The van der Waals surface area contributed by atoms with Gasteiger partial charge in [-0.05, 0) is 52.3 Å². The highest BCUT2D eigenvalue weighted by Crippen LogP contribution is 2.24. The zero-order chi connectivity index (χ0) is 19.7. The van der Waals surface area contributed by atoms with E-state index in [0.717, 1.165) is 28.2 Å². The lowest BCUT2D eigenvalue weighted by Gasteiger charge is -2.13. The fourth-order valence-corrected chi connectivity index (χ4v) is 3.49. The summed E-state index contributed by atoms with van der Waals surface area (Å²) in [5, 5.41) is 15.6. The highest BCUT2D eigenvalue weighted by Gasteiger charge is 2.21. The molecule has 0 unspecified atom stereocenters. The number of amides is 1. The van der Waals surface area contributed by atoms with Gasteiger partial charge in [0.05, 0.1) is 10.9 Å². The monoisotopic (exact) mass is 385 g/mol. The second-order valence-electron chi connectivity index (χ2n) is 6.56. The van der Waals surface area contributed by atoms with Crippen LogP contribution >= 0.6 is 11.8 Å². The van der Waals surface area contributed by atoms with Crippen LogP contribution in [0.5, 0.6) is 0 Å². The number of nitrogens with two attached hydrogens (primary N) is 1. The molecule has 3 N–H and O–H groups in total. The summed E-state index contributed by atoms with van der Waals surface area (Å²) >= 11 is 1.25. The van der Waals surface area contributed by atoms with E-state index in [1.54, 1.807) is 11.6 Å². The molecule has 0 aliphatic carbocycles. The molecule has 0 bridgehead atoms. The zero-order valence-electron chi connectivity index (χ0n) is 16.0. The molecule has 0 spiro atoms. The molecule has 1 amide bonds. The van der Waals surface area contributed by atoms with Crippen molar-refractivity contribution in [3.05, 3.63) is 46.8 Å².